The fourth-order valence-corrected chi connectivity index (χ4v) is 3.75. The lowest BCUT2D eigenvalue weighted by Crippen LogP contribution is -2.26. The van der Waals surface area contributed by atoms with Crippen LogP contribution in [0.1, 0.15) is 29.9 Å². The second-order valence-corrected chi connectivity index (χ2v) is 7.77. The molecule has 0 radical (unpaired) electrons. The van der Waals surface area contributed by atoms with Crippen molar-refractivity contribution < 1.29 is 18.0 Å². The number of carbonyl (C=O) groups is 1. The third kappa shape index (κ3) is 4.20. The van der Waals surface area contributed by atoms with Gasteiger partial charge in [-0.3, -0.25) is 14.2 Å². The molecule has 2 heterocycles. The van der Waals surface area contributed by atoms with Crippen LogP contribution in [0.2, 0.25) is 5.02 Å². The van der Waals surface area contributed by atoms with E-state index in [4.69, 9.17) is 11.6 Å². The number of hydrogen-bond donors (Lipinski definition) is 1. The minimum absolute atomic E-state index is 0.0585. The molecule has 0 aliphatic rings. The fraction of sp³-hybridized carbons (Fsp3) is 0.227. The van der Waals surface area contributed by atoms with Crippen LogP contribution in [0.15, 0.2) is 54.7 Å². The summed E-state index contributed by atoms with van der Waals surface area (Å²) in [6.45, 7) is 3.32. The van der Waals surface area contributed by atoms with Crippen LogP contribution in [0, 0.1) is 6.92 Å². The molecule has 2 aromatic carbocycles. The second-order valence-electron chi connectivity index (χ2n) is 7.39. The highest BCUT2D eigenvalue weighted by Gasteiger charge is 2.39. The molecule has 1 N–H and O–H groups in total. The molecule has 0 saturated carbocycles. The molecule has 6 nitrogen and oxygen atoms in total. The van der Waals surface area contributed by atoms with Gasteiger partial charge in [-0.15, -0.1) is 0 Å². The zero-order valence-corrected chi connectivity index (χ0v) is 17.9. The number of anilines is 1. The van der Waals surface area contributed by atoms with Crippen molar-refractivity contribution in [2.24, 2.45) is 0 Å². The summed E-state index contributed by atoms with van der Waals surface area (Å²) in [4.78, 5) is 12.6. The van der Waals surface area contributed by atoms with Crippen LogP contribution in [-0.2, 0) is 17.5 Å². The van der Waals surface area contributed by atoms with E-state index in [0.717, 1.165) is 21.0 Å². The molecule has 0 saturated heterocycles. The third-order valence-corrected chi connectivity index (χ3v) is 5.65. The summed E-state index contributed by atoms with van der Waals surface area (Å²) < 4.78 is 41.8. The summed E-state index contributed by atoms with van der Waals surface area (Å²) in [7, 11) is 0. The van der Waals surface area contributed by atoms with E-state index in [0.29, 0.717) is 6.54 Å². The largest absolute Gasteiger partial charge is 0.436 e. The number of aromatic nitrogens is 4. The Kier molecular flexibility index (Phi) is 5.68. The summed E-state index contributed by atoms with van der Waals surface area (Å²) in [5.74, 6) is -0.273. The van der Waals surface area contributed by atoms with Gasteiger partial charge in [-0.2, -0.15) is 23.4 Å². The maximum Gasteiger partial charge on any atom is 0.436 e. The quantitative estimate of drug-likeness (QED) is 0.429. The molecular weight excluding hydrogens is 443 g/mol. The van der Waals surface area contributed by atoms with Crippen molar-refractivity contribution in [3.63, 3.8) is 0 Å². The van der Waals surface area contributed by atoms with Crippen molar-refractivity contribution in [3.8, 4) is 0 Å². The van der Waals surface area contributed by atoms with Crippen molar-refractivity contribution in [2.75, 3.05) is 5.32 Å². The molecule has 1 atom stereocenters. The summed E-state index contributed by atoms with van der Waals surface area (Å²) in [6.07, 6.45) is -2.98. The average molecular weight is 462 g/mol. The van der Waals surface area contributed by atoms with Gasteiger partial charge in [0.15, 0.2) is 11.5 Å². The third-order valence-electron chi connectivity index (χ3n) is 5.20. The molecule has 0 spiro atoms. The minimum Gasteiger partial charge on any atom is -0.307 e. The smallest absolute Gasteiger partial charge is 0.307 e. The Morgan fingerprint density at radius 1 is 1.12 bits per heavy atom. The standard InChI is InChI=1S/C22H19ClF3N5O/c1-13-19(23)20(22(24,25)26)29-31(13)14(2)21(32)27-18-10-11-30(28-18)12-16-8-5-7-15-6-3-4-9-17(15)16/h3-11,14H,12H2,1-2H3,(H,27,28,32). The van der Waals surface area contributed by atoms with Crippen molar-refractivity contribution in [1.82, 2.24) is 19.6 Å². The maximum absolute atomic E-state index is 13.1. The van der Waals surface area contributed by atoms with Gasteiger partial charge in [0, 0.05) is 12.3 Å². The van der Waals surface area contributed by atoms with Crippen LogP contribution < -0.4 is 5.32 Å². The average Bonchev–Trinajstić information content (AvgIpc) is 3.31. The molecule has 1 unspecified atom stereocenters. The number of halogens is 4. The molecule has 1 amide bonds. The van der Waals surface area contributed by atoms with E-state index in [1.807, 2.05) is 42.5 Å². The van der Waals surface area contributed by atoms with Crippen molar-refractivity contribution >= 4 is 34.1 Å². The van der Waals surface area contributed by atoms with E-state index in [-0.39, 0.29) is 11.5 Å². The van der Waals surface area contributed by atoms with Crippen molar-refractivity contribution in [2.45, 2.75) is 32.6 Å². The van der Waals surface area contributed by atoms with Gasteiger partial charge in [0.2, 0.25) is 5.91 Å². The summed E-state index contributed by atoms with van der Waals surface area (Å²) in [5, 5.41) is 12.2. The van der Waals surface area contributed by atoms with Crippen LogP contribution in [0.3, 0.4) is 0 Å². The zero-order chi connectivity index (χ0) is 23.0. The number of hydrogen-bond acceptors (Lipinski definition) is 3. The van der Waals surface area contributed by atoms with E-state index >= 15 is 0 Å². The number of rotatable bonds is 5. The Bertz CT molecular complexity index is 1290. The van der Waals surface area contributed by atoms with Crippen LogP contribution in [-0.4, -0.2) is 25.5 Å². The minimum atomic E-state index is -4.70. The fourth-order valence-electron chi connectivity index (χ4n) is 3.52. The normalized spacial score (nSPS) is 12.8. The Labute approximate surface area is 186 Å². The number of carbonyl (C=O) groups excluding carboxylic acids is 1. The summed E-state index contributed by atoms with van der Waals surface area (Å²) in [6, 6.07) is 14.6. The molecule has 2 aromatic heterocycles. The monoisotopic (exact) mass is 461 g/mol. The Balaban J connectivity index is 1.49. The van der Waals surface area contributed by atoms with E-state index in [2.05, 4.69) is 15.5 Å². The first-order valence-corrected chi connectivity index (χ1v) is 10.2. The van der Waals surface area contributed by atoms with Gasteiger partial charge in [0.25, 0.3) is 0 Å². The number of nitrogens with one attached hydrogen (secondary N) is 1. The highest BCUT2D eigenvalue weighted by Crippen LogP contribution is 2.36. The predicted molar refractivity (Wildman–Crippen MR) is 116 cm³/mol. The SMILES string of the molecule is Cc1c(Cl)c(C(F)(F)F)nn1C(C)C(=O)Nc1ccn(Cc2cccc3ccccc23)n1. The number of amides is 1. The Morgan fingerprint density at radius 2 is 1.84 bits per heavy atom. The second kappa shape index (κ2) is 8.31. The topological polar surface area (TPSA) is 64.7 Å². The van der Waals surface area contributed by atoms with Crippen LogP contribution in [0.5, 0.6) is 0 Å². The van der Waals surface area contributed by atoms with E-state index in [9.17, 15) is 18.0 Å². The Morgan fingerprint density at radius 3 is 2.56 bits per heavy atom. The molecule has 0 aliphatic carbocycles. The molecule has 32 heavy (non-hydrogen) atoms. The van der Waals surface area contributed by atoms with Crippen molar-refractivity contribution in [3.05, 3.63) is 76.7 Å². The van der Waals surface area contributed by atoms with Gasteiger partial charge in [-0.1, -0.05) is 54.1 Å². The molecule has 0 fully saturated rings. The van der Waals surface area contributed by atoms with Crippen molar-refractivity contribution in [1.29, 1.82) is 0 Å². The molecule has 10 heteroatoms. The van der Waals surface area contributed by atoms with Gasteiger partial charge in [0.1, 0.15) is 6.04 Å². The van der Waals surface area contributed by atoms with E-state index < -0.39 is 28.8 Å². The van der Waals surface area contributed by atoms with E-state index in [1.165, 1.54) is 13.8 Å². The lowest BCUT2D eigenvalue weighted by atomic mass is 10.0. The molecule has 0 aliphatic heterocycles. The number of alkyl halides is 3. The number of nitrogens with zero attached hydrogens (tertiary/aromatic N) is 4. The molecular formula is C22H19ClF3N5O. The highest BCUT2D eigenvalue weighted by molar-refractivity contribution is 6.32. The highest BCUT2D eigenvalue weighted by atomic mass is 35.5. The maximum atomic E-state index is 13.1. The van der Waals surface area contributed by atoms with Crippen LogP contribution in [0.25, 0.3) is 10.8 Å². The molecule has 166 valence electrons. The predicted octanol–water partition coefficient (Wildman–Crippen LogP) is 5.46. The molecule has 0 bridgehead atoms. The van der Waals surface area contributed by atoms with Gasteiger partial charge in [-0.25, -0.2) is 0 Å². The van der Waals surface area contributed by atoms with Gasteiger partial charge in [-0.05, 0) is 30.2 Å². The number of fused-ring (bicyclic) bond motifs is 1. The first-order valence-electron chi connectivity index (χ1n) is 9.78. The summed E-state index contributed by atoms with van der Waals surface area (Å²) in [5.41, 5.74) is -0.0854. The van der Waals surface area contributed by atoms with Gasteiger partial charge in [0.05, 0.1) is 17.3 Å². The first kappa shape index (κ1) is 21.9. The lowest BCUT2D eigenvalue weighted by molar-refractivity contribution is -0.141. The zero-order valence-electron chi connectivity index (χ0n) is 17.2. The lowest BCUT2D eigenvalue weighted by Gasteiger charge is -2.13. The number of benzene rings is 2. The molecule has 4 rings (SSSR count). The van der Waals surface area contributed by atoms with Gasteiger partial charge < -0.3 is 5.32 Å². The van der Waals surface area contributed by atoms with Crippen LogP contribution in [0.4, 0.5) is 19.0 Å². The van der Waals surface area contributed by atoms with E-state index in [1.54, 1.807) is 16.9 Å². The van der Waals surface area contributed by atoms with Gasteiger partial charge >= 0.3 is 6.18 Å². The first-order chi connectivity index (χ1) is 15.1. The Hall–Kier alpha value is -3.33. The molecule has 4 aromatic rings. The summed E-state index contributed by atoms with van der Waals surface area (Å²) >= 11 is 5.78. The van der Waals surface area contributed by atoms with Crippen LogP contribution >= 0.6 is 11.6 Å².